The minimum absolute atomic E-state index is 0. The Balaban J connectivity index is 0.00000261. The molecule has 0 saturated heterocycles. The Labute approximate surface area is 181 Å². The smallest absolute Gasteiger partial charge is 0.175 e. The molecular formula is C21H26BrCl2NO2. The van der Waals surface area contributed by atoms with Gasteiger partial charge in [-0.15, -0.1) is 12.4 Å². The second kappa shape index (κ2) is 11.2. The molecule has 3 nitrogen and oxygen atoms in total. The van der Waals surface area contributed by atoms with Crippen molar-refractivity contribution >= 4 is 39.9 Å². The molecule has 0 aromatic heterocycles. The summed E-state index contributed by atoms with van der Waals surface area (Å²) >= 11 is 9.88. The molecule has 2 aromatic carbocycles. The number of ether oxygens (including phenoxy) is 2. The van der Waals surface area contributed by atoms with Crippen LogP contribution in [-0.4, -0.2) is 12.6 Å². The average molecular weight is 475 g/mol. The van der Waals surface area contributed by atoms with E-state index in [2.05, 4.69) is 33.4 Å². The zero-order valence-corrected chi connectivity index (χ0v) is 18.6. The van der Waals surface area contributed by atoms with Crippen LogP contribution in [0.1, 0.15) is 43.7 Å². The lowest BCUT2D eigenvalue weighted by molar-refractivity contribution is 0.267. The summed E-state index contributed by atoms with van der Waals surface area (Å²) < 4.78 is 12.8. The van der Waals surface area contributed by atoms with Gasteiger partial charge in [0.15, 0.2) is 11.5 Å². The Morgan fingerprint density at radius 3 is 2.59 bits per heavy atom. The number of halogens is 3. The molecule has 1 aliphatic rings. The standard InChI is InChI=1S/C21H25BrClNO2.ClH/c1-2-25-20-12-15(13-24-17-8-4-5-9-17)11-18(22)21(20)26-14-16-7-3-6-10-19(16)23;/h3,6-7,10-12,17,24H,2,4-5,8-9,13-14H2,1H3;1H. The molecule has 27 heavy (non-hydrogen) atoms. The molecule has 6 heteroatoms. The van der Waals surface area contributed by atoms with Gasteiger partial charge in [0.1, 0.15) is 6.61 Å². The molecule has 3 rings (SSSR count). The van der Waals surface area contributed by atoms with Crippen molar-refractivity contribution in [2.24, 2.45) is 0 Å². The van der Waals surface area contributed by atoms with Crippen molar-refractivity contribution in [2.75, 3.05) is 6.61 Å². The predicted molar refractivity (Wildman–Crippen MR) is 117 cm³/mol. The lowest BCUT2D eigenvalue weighted by Gasteiger charge is -2.17. The summed E-state index contributed by atoms with van der Waals surface area (Å²) in [6.45, 7) is 3.82. The van der Waals surface area contributed by atoms with Gasteiger partial charge in [0.05, 0.1) is 11.1 Å². The molecule has 0 aliphatic heterocycles. The zero-order valence-electron chi connectivity index (χ0n) is 15.5. The molecule has 0 radical (unpaired) electrons. The lowest BCUT2D eigenvalue weighted by Crippen LogP contribution is -2.25. The van der Waals surface area contributed by atoms with E-state index in [4.69, 9.17) is 21.1 Å². The highest BCUT2D eigenvalue weighted by Crippen LogP contribution is 2.38. The number of hydrogen-bond acceptors (Lipinski definition) is 3. The third kappa shape index (κ3) is 6.28. The first kappa shape index (κ1) is 22.4. The monoisotopic (exact) mass is 473 g/mol. The topological polar surface area (TPSA) is 30.5 Å². The lowest BCUT2D eigenvalue weighted by atomic mass is 10.1. The molecule has 0 bridgehead atoms. The molecule has 1 N–H and O–H groups in total. The predicted octanol–water partition coefficient (Wildman–Crippen LogP) is 6.53. The molecule has 1 fully saturated rings. The van der Waals surface area contributed by atoms with Crippen molar-refractivity contribution in [3.05, 3.63) is 57.0 Å². The summed E-state index contributed by atoms with van der Waals surface area (Å²) in [5, 5.41) is 4.35. The summed E-state index contributed by atoms with van der Waals surface area (Å²) in [6, 6.07) is 12.5. The van der Waals surface area contributed by atoms with Crippen molar-refractivity contribution in [1.29, 1.82) is 0 Å². The van der Waals surface area contributed by atoms with Gasteiger partial charge >= 0.3 is 0 Å². The van der Waals surface area contributed by atoms with Crippen LogP contribution in [-0.2, 0) is 13.2 Å². The fourth-order valence-corrected chi connectivity index (χ4v) is 4.08. The molecule has 2 aromatic rings. The highest BCUT2D eigenvalue weighted by Gasteiger charge is 2.16. The van der Waals surface area contributed by atoms with Crippen molar-refractivity contribution in [3.8, 4) is 11.5 Å². The van der Waals surface area contributed by atoms with E-state index in [1.54, 1.807) is 0 Å². The fraction of sp³-hybridized carbons (Fsp3) is 0.429. The van der Waals surface area contributed by atoms with Crippen LogP contribution in [0.3, 0.4) is 0 Å². The minimum Gasteiger partial charge on any atom is -0.490 e. The molecule has 1 saturated carbocycles. The number of rotatable bonds is 8. The molecular weight excluding hydrogens is 449 g/mol. The maximum Gasteiger partial charge on any atom is 0.175 e. The second-order valence-electron chi connectivity index (χ2n) is 6.58. The third-order valence-electron chi connectivity index (χ3n) is 4.65. The van der Waals surface area contributed by atoms with Crippen molar-refractivity contribution in [2.45, 2.75) is 51.8 Å². The van der Waals surface area contributed by atoms with Gasteiger partial charge in [0, 0.05) is 23.2 Å². The number of nitrogens with one attached hydrogen (secondary N) is 1. The highest BCUT2D eigenvalue weighted by atomic mass is 79.9. The van der Waals surface area contributed by atoms with Crippen molar-refractivity contribution < 1.29 is 9.47 Å². The Morgan fingerprint density at radius 1 is 1.15 bits per heavy atom. The Bertz CT molecular complexity index is 736. The van der Waals surface area contributed by atoms with E-state index in [9.17, 15) is 0 Å². The zero-order chi connectivity index (χ0) is 18.4. The van der Waals surface area contributed by atoms with E-state index in [0.29, 0.717) is 24.3 Å². The minimum atomic E-state index is 0. The summed E-state index contributed by atoms with van der Waals surface area (Å²) in [5.41, 5.74) is 2.15. The van der Waals surface area contributed by atoms with Gasteiger partial charge in [-0.25, -0.2) is 0 Å². The maximum atomic E-state index is 6.23. The summed E-state index contributed by atoms with van der Waals surface area (Å²) in [7, 11) is 0. The summed E-state index contributed by atoms with van der Waals surface area (Å²) in [6.07, 6.45) is 5.22. The second-order valence-corrected chi connectivity index (χ2v) is 7.84. The normalized spacial score (nSPS) is 14.0. The van der Waals surface area contributed by atoms with Gasteiger partial charge in [-0.2, -0.15) is 0 Å². The largest absolute Gasteiger partial charge is 0.490 e. The van der Waals surface area contributed by atoms with Crippen LogP contribution in [0, 0.1) is 0 Å². The summed E-state index contributed by atoms with van der Waals surface area (Å²) in [4.78, 5) is 0. The Kier molecular flexibility index (Phi) is 9.24. The van der Waals surface area contributed by atoms with Crippen molar-refractivity contribution in [1.82, 2.24) is 5.32 Å². The van der Waals surface area contributed by atoms with Gasteiger partial charge in [0.25, 0.3) is 0 Å². The van der Waals surface area contributed by atoms with Gasteiger partial charge in [-0.3, -0.25) is 0 Å². The number of hydrogen-bond donors (Lipinski definition) is 1. The van der Waals surface area contributed by atoms with Crippen LogP contribution in [0.5, 0.6) is 11.5 Å². The molecule has 148 valence electrons. The third-order valence-corrected chi connectivity index (χ3v) is 5.61. The maximum absolute atomic E-state index is 6.23. The number of benzene rings is 2. The van der Waals surface area contributed by atoms with Crippen molar-refractivity contribution in [3.63, 3.8) is 0 Å². The SMILES string of the molecule is CCOc1cc(CNC2CCCC2)cc(Br)c1OCc1ccccc1Cl.Cl. The molecule has 0 atom stereocenters. The first-order valence-corrected chi connectivity index (χ1v) is 10.4. The van der Waals surface area contributed by atoms with Crippen LogP contribution in [0.25, 0.3) is 0 Å². The van der Waals surface area contributed by atoms with E-state index in [-0.39, 0.29) is 12.4 Å². The van der Waals surface area contributed by atoms with Gasteiger partial charge < -0.3 is 14.8 Å². The molecule has 0 unspecified atom stereocenters. The quantitative estimate of drug-likeness (QED) is 0.471. The van der Waals surface area contributed by atoms with Gasteiger partial charge in [-0.1, -0.05) is 42.6 Å². The van der Waals surface area contributed by atoms with E-state index in [1.807, 2.05) is 31.2 Å². The van der Waals surface area contributed by atoms with Crippen LogP contribution >= 0.6 is 39.9 Å². The van der Waals surface area contributed by atoms with Crippen LogP contribution in [0.15, 0.2) is 40.9 Å². The van der Waals surface area contributed by atoms with Gasteiger partial charge in [-0.05, 0) is 59.5 Å². The first-order valence-electron chi connectivity index (χ1n) is 9.22. The fourth-order valence-electron chi connectivity index (χ4n) is 3.28. The highest BCUT2D eigenvalue weighted by molar-refractivity contribution is 9.10. The molecule has 0 amide bonds. The van der Waals surface area contributed by atoms with Crippen LogP contribution < -0.4 is 14.8 Å². The molecule has 1 aliphatic carbocycles. The van der Waals surface area contributed by atoms with E-state index >= 15 is 0 Å². The molecule has 0 heterocycles. The Morgan fingerprint density at radius 2 is 1.89 bits per heavy atom. The average Bonchev–Trinajstić information content (AvgIpc) is 3.14. The summed E-state index contributed by atoms with van der Waals surface area (Å²) in [5.74, 6) is 1.48. The van der Waals surface area contributed by atoms with E-state index < -0.39 is 0 Å². The van der Waals surface area contributed by atoms with Crippen LogP contribution in [0.4, 0.5) is 0 Å². The Hall–Kier alpha value is -0.940. The van der Waals surface area contributed by atoms with Crippen LogP contribution in [0.2, 0.25) is 5.02 Å². The van der Waals surface area contributed by atoms with Gasteiger partial charge in [0.2, 0.25) is 0 Å². The van der Waals surface area contributed by atoms with E-state index in [0.717, 1.165) is 28.1 Å². The first-order chi connectivity index (χ1) is 12.7. The van der Waals surface area contributed by atoms with E-state index in [1.165, 1.54) is 31.2 Å². The molecule has 0 spiro atoms.